The summed E-state index contributed by atoms with van der Waals surface area (Å²) in [6, 6.07) is 4.39. The Morgan fingerprint density at radius 1 is 0.714 bits per heavy atom. The van der Waals surface area contributed by atoms with Gasteiger partial charge < -0.3 is 0 Å². The molecule has 0 atom stereocenters. The fraction of sp³-hybridized carbons (Fsp3) is 0.176. The molecule has 0 heterocycles. The second-order valence-electron chi connectivity index (χ2n) is 7.26. The van der Waals surface area contributed by atoms with Gasteiger partial charge in [-0.25, -0.2) is 16.8 Å². The van der Waals surface area contributed by atoms with Gasteiger partial charge in [-0.3, -0.25) is 18.7 Å². The predicted molar refractivity (Wildman–Crippen MR) is 117 cm³/mol. The van der Waals surface area contributed by atoms with Crippen molar-refractivity contribution in [3.63, 3.8) is 0 Å². The molecule has 2 aromatic carbocycles. The van der Waals surface area contributed by atoms with Crippen molar-refractivity contribution in [3.8, 4) is 0 Å². The molecule has 0 spiro atoms. The standard InChI is InChI=1S/C17H16N2O12S4/c1-2-3-9-6-13-15(14(7-9)33(24,25)19-35(29,30)31)17(21)11-5-4-10(8-12(11)16(13)20)32(22,23)18-34(26,27)28/h4-8,18-19H,2-3H2,1H3,(H,26,27,28)(H,29,30,31). The van der Waals surface area contributed by atoms with Gasteiger partial charge in [0.25, 0.3) is 20.0 Å². The Hall–Kier alpha value is -2.58. The third kappa shape index (κ3) is 5.64. The van der Waals surface area contributed by atoms with Crippen molar-refractivity contribution in [1.82, 2.24) is 8.25 Å². The monoisotopic (exact) mass is 568 g/mol. The largest absolute Gasteiger partial charge is 0.346 e. The molecule has 0 aliphatic heterocycles. The molecule has 0 saturated carbocycles. The molecule has 35 heavy (non-hydrogen) atoms. The molecule has 4 N–H and O–H groups in total. The van der Waals surface area contributed by atoms with Gasteiger partial charge in [0, 0.05) is 16.7 Å². The molecular weight excluding hydrogens is 552 g/mol. The van der Waals surface area contributed by atoms with Gasteiger partial charge in [-0.05, 0) is 42.3 Å². The van der Waals surface area contributed by atoms with Gasteiger partial charge in [0.05, 0.1) is 15.4 Å². The van der Waals surface area contributed by atoms with E-state index in [0.29, 0.717) is 12.5 Å². The summed E-state index contributed by atoms with van der Waals surface area (Å²) in [6.45, 7) is 1.71. The number of aryl methyl sites for hydroxylation is 1. The first-order chi connectivity index (χ1) is 15.9. The van der Waals surface area contributed by atoms with Crippen molar-refractivity contribution < 1.29 is 52.4 Å². The van der Waals surface area contributed by atoms with Gasteiger partial charge >= 0.3 is 20.6 Å². The first kappa shape index (κ1) is 27.0. The molecule has 0 aromatic heterocycles. The van der Waals surface area contributed by atoms with Gasteiger partial charge in [0.2, 0.25) is 0 Å². The molecule has 1 aliphatic carbocycles. The molecule has 0 bridgehead atoms. The molecule has 0 radical (unpaired) electrons. The van der Waals surface area contributed by atoms with E-state index in [1.165, 1.54) is 6.07 Å². The van der Waals surface area contributed by atoms with Crippen molar-refractivity contribution in [2.24, 2.45) is 0 Å². The summed E-state index contributed by atoms with van der Waals surface area (Å²) in [4.78, 5) is 24.7. The van der Waals surface area contributed by atoms with E-state index in [-0.39, 0.29) is 12.0 Å². The average molecular weight is 569 g/mol. The number of ketones is 2. The smallest absolute Gasteiger partial charge is 0.289 e. The van der Waals surface area contributed by atoms with Crippen LogP contribution in [0.25, 0.3) is 0 Å². The summed E-state index contributed by atoms with van der Waals surface area (Å²) in [7, 11) is -20.5. The minimum Gasteiger partial charge on any atom is -0.289 e. The maximum absolute atomic E-state index is 13.2. The van der Waals surface area contributed by atoms with Crippen LogP contribution >= 0.6 is 0 Å². The fourth-order valence-electron chi connectivity index (χ4n) is 3.46. The Balaban J connectivity index is 2.29. The fourth-order valence-corrected chi connectivity index (χ4v) is 7.72. The molecule has 1 aliphatic rings. The Bertz CT molecular complexity index is 1710. The summed E-state index contributed by atoms with van der Waals surface area (Å²) in [6.07, 6.45) is 0.648. The zero-order valence-corrected chi connectivity index (χ0v) is 20.7. The third-order valence-electron chi connectivity index (χ3n) is 4.68. The Labute approximate surface area is 200 Å². The quantitative estimate of drug-likeness (QED) is 0.253. The van der Waals surface area contributed by atoms with E-state index in [1.807, 2.05) is 0 Å². The lowest BCUT2D eigenvalue weighted by Gasteiger charge is -2.22. The highest BCUT2D eigenvalue weighted by Crippen LogP contribution is 2.34. The van der Waals surface area contributed by atoms with Crippen LogP contribution in [0.15, 0.2) is 40.1 Å². The lowest BCUT2D eigenvalue weighted by molar-refractivity contribution is 0.0976. The van der Waals surface area contributed by atoms with Crippen LogP contribution in [-0.2, 0) is 47.1 Å². The molecule has 2 aromatic rings. The van der Waals surface area contributed by atoms with Crippen LogP contribution in [0.4, 0.5) is 0 Å². The van der Waals surface area contributed by atoms with Gasteiger partial charge in [-0.1, -0.05) is 21.6 Å². The highest BCUT2D eigenvalue weighted by Gasteiger charge is 2.37. The van der Waals surface area contributed by atoms with E-state index < -0.39 is 84.3 Å². The number of sulfonamides is 2. The van der Waals surface area contributed by atoms with Crippen LogP contribution in [0.1, 0.15) is 50.8 Å². The van der Waals surface area contributed by atoms with E-state index in [1.54, 1.807) is 6.92 Å². The molecule has 0 fully saturated rings. The van der Waals surface area contributed by atoms with Crippen LogP contribution in [0.5, 0.6) is 0 Å². The Kier molecular flexibility index (Phi) is 6.81. The molecule has 14 nitrogen and oxygen atoms in total. The second kappa shape index (κ2) is 8.82. The number of carbonyl (C=O) groups excluding carboxylic acids is 2. The first-order valence-electron chi connectivity index (χ1n) is 9.28. The summed E-state index contributed by atoms with van der Waals surface area (Å²) in [5.41, 5.74) is -1.95. The van der Waals surface area contributed by atoms with E-state index in [4.69, 9.17) is 9.11 Å². The first-order valence-corrected chi connectivity index (χ1v) is 15.1. The highest BCUT2D eigenvalue weighted by atomic mass is 32.3. The molecule has 18 heteroatoms. The van der Waals surface area contributed by atoms with E-state index in [2.05, 4.69) is 0 Å². The van der Waals surface area contributed by atoms with Crippen molar-refractivity contribution in [1.29, 1.82) is 0 Å². The molecule has 0 amide bonds. The Morgan fingerprint density at radius 2 is 1.29 bits per heavy atom. The van der Waals surface area contributed by atoms with Gasteiger partial charge in [-0.2, -0.15) is 16.8 Å². The number of benzene rings is 2. The van der Waals surface area contributed by atoms with Crippen LogP contribution in [0, 0.1) is 0 Å². The third-order valence-corrected chi connectivity index (χ3v) is 9.90. The van der Waals surface area contributed by atoms with E-state index in [9.17, 15) is 43.3 Å². The summed E-state index contributed by atoms with van der Waals surface area (Å²) in [5, 5.41) is 0. The van der Waals surface area contributed by atoms with Crippen molar-refractivity contribution in [2.75, 3.05) is 0 Å². The predicted octanol–water partition coefficient (Wildman–Crippen LogP) is -0.423. The minimum atomic E-state index is -5.29. The van der Waals surface area contributed by atoms with Crippen LogP contribution in [0.2, 0.25) is 0 Å². The number of hydrogen-bond donors (Lipinski definition) is 4. The molecular formula is C17H16N2O12S4. The highest BCUT2D eigenvalue weighted by molar-refractivity contribution is 8.02. The van der Waals surface area contributed by atoms with Crippen molar-refractivity contribution in [2.45, 2.75) is 29.6 Å². The van der Waals surface area contributed by atoms with Crippen molar-refractivity contribution >= 4 is 52.2 Å². The lowest BCUT2D eigenvalue weighted by atomic mass is 9.83. The molecule has 0 unspecified atom stereocenters. The maximum Gasteiger partial charge on any atom is 0.346 e. The summed E-state index contributed by atoms with van der Waals surface area (Å²) in [5.74, 6) is -2.10. The zero-order chi connectivity index (χ0) is 26.6. The molecule has 3 rings (SSSR count). The van der Waals surface area contributed by atoms with Gasteiger partial charge in [-0.15, -0.1) is 0 Å². The van der Waals surface area contributed by atoms with Gasteiger partial charge in [0.1, 0.15) is 0 Å². The number of carbonyl (C=O) groups is 2. The topological polar surface area (TPSA) is 235 Å². The van der Waals surface area contributed by atoms with Crippen LogP contribution < -0.4 is 8.25 Å². The van der Waals surface area contributed by atoms with Crippen molar-refractivity contribution in [3.05, 3.63) is 58.1 Å². The zero-order valence-electron chi connectivity index (χ0n) is 17.4. The number of fused-ring (bicyclic) bond motifs is 2. The average Bonchev–Trinajstić information content (AvgIpc) is 2.67. The van der Waals surface area contributed by atoms with E-state index in [0.717, 1.165) is 26.5 Å². The Morgan fingerprint density at radius 3 is 1.83 bits per heavy atom. The number of hydrogen-bond acceptors (Lipinski definition) is 10. The number of nitrogens with one attached hydrogen (secondary N) is 2. The van der Waals surface area contributed by atoms with Crippen LogP contribution in [-0.4, -0.2) is 54.3 Å². The SMILES string of the molecule is CCCc1cc2c(c(S(=O)(=O)NS(=O)(=O)O)c1)C(=O)c1ccc(S(=O)(=O)NS(=O)(=O)O)cc1C2=O. The van der Waals surface area contributed by atoms with Crippen LogP contribution in [0.3, 0.4) is 0 Å². The maximum atomic E-state index is 13.2. The second-order valence-corrected chi connectivity index (χ2v) is 13.4. The summed E-state index contributed by atoms with van der Waals surface area (Å²) >= 11 is 0. The summed E-state index contributed by atoms with van der Waals surface area (Å²) < 4.78 is 114. The molecule has 190 valence electrons. The number of rotatable bonds is 8. The normalized spacial score (nSPS) is 14.5. The lowest BCUT2D eigenvalue weighted by Crippen LogP contribution is -2.33. The minimum absolute atomic E-state index is 0.197. The van der Waals surface area contributed by atoms with E-state index >= 15 is 0 Å². The molecule has 0 saturated heterocycles. The van der Waals surface area contributed by atoms with Gasteiger partial charge in [0.15, 0.2) is 11.6 Å².